The van der Waals surface area contributed by atoms with Crippen LogP contribution in [0.5, 0.6) is 0 Å². The van der Waals surface area contributed by atoms with Crippen molar-refractivity contribution in [3.05, 3.63) is 35.9 Å². The van der Waals surface area contributed by atoms with E-state index in [2.05, 4.69) is 46.9 Å². The molecule has 1 aromatic carbocycles. The van der Waals surface area contributed by atoms with Crippen molar-refractivity contribution in [2.45, 2.75) is 52.5 Å². The van der Waals surface area contributed by atoms with E-state index in [-0.39, 0.29) is 23.4 Å². The van der Waals surface area contributed by atoms with Crippen molar-refractivity contribution in [2.75, 3.05) is 19.6 Å². The fourth-order valence-corrected chi connectivity index (χ4v) is 2.25. The SMILES string of the molecule is CCNC(=NCC(=O)NC(C)(C)C)NCC(C)(C)c1ccccc1. The molecule has 0 aromatic heterocycles. The van der Waals surface area contributed by atoms with E-state index < -0.39 is 0 Å². The van der Waals surface area contributed by atoms with Gasteiger partial charge in [0, 0.05) is 24.0 Å². The molecule has 0 spiro atoms. The normalized spacial score (nSPS) is 12.7. The van der Waals surface area contributed by atoms with Gasteiger partial charge in [-0.2, -0.15) is 0 Å². The van der Waals surface area contributed by atoms with Gasteiger partial charge in [0.15, 0.2) is 5.96 Å². The molecule has 0 radical (unpaired) electrons. The van der Waals surface area contributed by atoms with Crippen LogP contribution in [0.3, 0.4) is 0 Å². The van der Waals surface area contributed by atoms with Gasteiger partial charge in [-0.05, 0) is 33.3 Å². The van der Waals surface area contributed by atoms with E-state index in [1.807, 2.05) is 45.9 Å². The minimum absolute atomic E-state index is 0.0366. The number of carbonyl (C=O) groups excluding carboxylic acids is 1. The number of rotatable bonds is 6. The van der Waals surface area contributed by atoms with Gasteiger partial charge in [0.05, 0.1) is 0 Å². The maximum atomic E-state index is 11.9. The van der Waals surface area contributed by atoms with E-state index in [0.29, 0.717) is 5.96 Å². The van der Waals surface area contributed by atoms with Crippen LogP contribution in [0.15, 0.2) is 35.3 Å². The zero-order chi connectivity index (χ0) is 18.2. The molecule has 0 aliphatic carbocycles. The number of nitrogens with one attached hydrogen (secondary N) is 3. The van der Waals surface area contributed by atoms with Crippen LogP contribution in [0, 0.1) is 0 Å². The van der Waals surface area contributed by atoms with E-state index in [1.165, 1.54) is 5.56 Å². The first-order valence-electron chi connectivity index (χ1n) is 8.53. The van der Waals surface area contributed by atoms with Crippen LogP contribution in [0.25, 0.3) is 0 Å². The average molecular weight is 332 g/mol. The third kappa shape index (κ3) is 7.49. The van der Waals surface area contributed by atoms with Gasteiger partial charge in [0.1, 0.15) is 6.54 Å². The van der Waals surface area contributed by atoms with Crippen molar-refractivity contribution in [3.8, 4) is 0 Å². The lowest BCUT2D eigenvalue weighted by atomic mass is 9.85. The first-order chi connectivity index (χ1) is 11.1. The van der Waals surface area contributed by atoms with Crippen molar-refractivity contribution in [3.63, 3.8) is 0 Å². The number of nitrogens with zero attached hydrogens (tertiary/aromatic N) is 1. The zero-order valence-electron chi connectivity index (χ0n) is 15.9. The highest BCUT2D eigenvalue weighted by atomic mass is 16.2. The van der Waals surface area contributed by atoms with Gasteiger partial charge in [-0.3, -0.25) is 4.79 Å². The number of hydrogen-bond acceptors (Lipinski definition) is 2. The van der Waals surface area contributed by atoms with E-state index in [0.717, 1.165) is 13.1 Å². The van der Waals surface area contributed by atoms with Gasteiger partial charge < -0.3 is 16.0 Å². The van der Waals surface area contributed by atoms with Crippen LogP contribution in [0.4, 0.5) is 0 Å². The molecule has 1 aromatic rings. The highest BCUT2D eigenvalue weighted by Gasteiger charge is 2.20. The van der Waals surface area contributed by atoms with Gasteiger partial charge in [-0.1, -0.05) is 44.2 Å². The number of guanidine groups is 1. The minimum atomic E-state index is -0.242. The maximum absolute atomic E-state index is 11.9. The monoisotopic (exact) mass is 332 g/mol. The summed E-state index contributed by atoms with van der Waals surface area (Å²) >= 11 is 0. The second kappa shape index (κ2) is 8.71. The summed E-state index contributed by atoms with van der Waals surface area (Å²) in [6.07, 6.45) is 0. The second-order valence-electron chi connectivity index (χ2n) is 7.60. The molecule has 0 heterocycles. The number of aliphatic imine (C=N–C) groups is 1. The molecule has 0 saturated heterocycles. The summed E-state index contributed by atoms with van der Waals surface area (Å²) in [6.45, 7) is 13.8. The van der Waals surface area contributed by atoms with E-state index >= 15 is 0 Å². The fraction of sp³-hybridized carbons (Fsp3) is 0.579. The van der Waals surface area contributed by atoms with E-state index in [9.17, 15) is 4.79 Å². The molecule has 5 heteroatoms. The molecule has 0 fully saturated rings. The van der Waals surface area contributed by atoms with Gasteiger partial charge in [0.25, 0.3) is 0 Å². The number of amides is 1. The molecule has 0 atom stereocenters. The standard InChI is InChI=1S/C19H32N4O/c1-7-20-17(21-13-16(24)23-18(2,3)4)22-14-19(5,6)15-11-9-8-10-12-15/h8-12H,7,13-14H2,1-6H3,(H,23,24)(H2,20,21,22). The molecule has 134 valence electrons. The molecule has 0 bridgehead atoms. The lowest BCUT2D eigenvalue weighted by molar-refractivity contribution is -0.121. The van der Waals surface area contributed by atoms with Crippen LogP contribution >= 0.6 is 0 Å². The smallest absolute Gasteiger partial charge is 0.242 e. The van der Waals surface area contributed by atoms with Crippen molar-refractivity contribution >= 4 is 11.9 Å². The highest BCUT2D eigenvalue weighted by molar-refractivity contribution is 5.85. The molecule has 0 saturated carbocycles. The highest BCUT2D eigenvalue weighted by Crippen LogP contribution is 2.21. The molecular formula is C19H32N4O. The predicted octanol–water partition coefficient (Wildman–Crippen LogP) is 2.43. The largest absolute Gasteiger partial charge is 0.357 e. The predicted molar refractivity (Wildman–Crippen MR) is 101 cm³/mol. The Hall–Kier alpha value is -2.04. The van der Waals surface area contributed by atoms with Crippen LogP contribution in [0.1, 0.15) is 47.1 Å². The fourth-order valence-electron chi connectivity index (χ4n) is 2.25. The molecule has 0 aliphatic rings. The van der Waals surface area contributed by atoms with Crippen molar-refractivity contribution < 1.29 is 4.79 Å². The molecule has 0 unspecified atom stereocenters. The summed E-state index contributed by atoms with van der Waals surface area (Å²) in [4.78, 5) is 16.3. The van der Waals surface area contributed by atoms with Crippen molar-refractivity contribution in [2.24, 2.45) is 4.99 Å². The van der Waals surface area contributed by atoms with Gasteiger partial charge in [0.2, 0.25) is 5.91 Å². The second-order valence-corrected chi connectivity index (χ2v) is 7.60. The van der Waals surface area contributed by atoms with E-state index in [1.54, 1.807) is 0 Å². The number of carbonyl (C=O) groups is 1. The third-order valence-electron chi connectivity index (χ3n) is 3.49. The molecule has 1 amide bonds. The van der Waals surface area contributed by atoms with Crippen molar-refractivity contribution in [1.29, 1.82) is 0 Å². The minimum Gasteiger partial charge on any atom is -0.357 e. The Morgan fingerprint density at radius 1 is 1.04 bits per heavy atom. The Kier molecular flexibility index (Phi) is 7.26. The molecule has 0 aliphatic heterocycles. The van der Waals surface area contributed by atoms with Crippen molar-refractivity contribution in [1.82, 2.24) is 16.0 Å². The summed E-state index contributed by atoms with van der Waals surface area (Å²) < 4.78 is 0. The summed E-state index contributed by atoms with van der Waals surface area (Å²) in [6, 6.07) is 10.4. The zero-order valence-corrected chi connectivity index (χ0v) is 15.9. The van der Waals surface area contributed by atoms with Crippen LogP contribution in [0.2, 0.25) is 0 Å². The summed E-state index contributed by atoms with van der Waals surface area (Å²) in [5, 5.41) is 9.43. The van der Waals surface area contributed by atoms with Crippen LogP contribution < -0.4 is 16.0 Å². The lowest BCUT2D eigenvalue weighted by Crippen LogP contribution is -2.45. The summed E-state index contributed by atoms with van der Waals surface area (Å²) in [5.41, 5.74) is 0.984. The Morgan fingerprint density at radius 2 is 1.67 bits per heavy atom. The number of benzene rings is 1. The average Bonchev–Trinajstić information content (AvgIpc) is 2.49. The molecular weight excluding hydrogens is 300 g/mol. The summed E-state index contributed by atoms with van der Waals surface area (Å²) in [7, 11) is 0. The van der Waals surface area contributed by atoms with Gasteiger partial charge in [-0.15, -0.1) is 0 Å². The van der Waals surface area contributed by atoms with Gasteiger partial charge >= 0.3 is 0 Å². The molecule has 3 N–H and O–H groups in total. The quantitative estimate of drug-likeness (QED) is 0.554. The van der Waals surface area contributed by atoms with Gasteiger partial charge in [-0.25, -0.2) is 4.99 Å². The Morgan fingerprint density at radius 3 is 2.21 bits per heavy atom. The molecule has 24 heavy (non-hydrogen) atoms. The lowest BCUT2D eigenvalue weighted by Gasteiger charge is -2.27. The Balaban J connectivity index is 2.65. The van der Waals surface area contributed by atoms with E-state index in [4.69, 9.17) is 0 Å². The van der Waals surface area contributed by atoms with Crippen LogP contribution in [-0.2, 0) is 10.2 Å². The molecule has 5 nitrogen and oxygen atoms in total. The van der Waals surface area contributed by atoms with Crippen LogP contribution in [-0.4, -0.2) is 37.0 Å². The Bertz CT molecular complexity index is 544. The topological polar surface area (TPSA) is 65.5 Å². The summed E-state index contributed by atoms with van der Waals surface area (Å²) in [5.74, 6) is 0.576. The Labute approximate surface area is 146 Å². The number of hydrogen-bond donors (Lipinski definition) is 3. The molecule has 1 rings (SSSR count). The third-order valence-corrected chi connectivity index (χ3v) is 3.49. The first-order valence-corrected chi connectivity index (χ1v) is 8.53. The maximum Gasteiger partial charge on any atom is 0.242 e. The first kappa shape index (κ1) is 20.0.